The van der Waals surface area contributed by atoms with Crippen LogP contribution in [-0.2, 0) is 4.74 Å². The van der Waals surface area contributed by atoms with Crippen LogP contribution in [0.4, 0.5) is 0 Å². The van der Waals surface area contributed by atoms with Crippen LogP contribution in [0.15, 0.2) is 22.8 Å². The second-order valence-corrected chi connectivity index (χ2v) is 5.35. The van der Waals surface area contributed by atoms with Crippen molar-refractivity contribution in [3.05, 3.63) is 28.5 Å². The number of carbonyl (C=O) groups is 1. The molecule has 4 nitrogen and oxygen atoms in total. The molecule has 0 spiro atoms. The van der Waals surface area contributed by atoms with E-state index < -0.39 is 0 Å². The molecule has 2 atom stereocenters. The molecular weight excluding hydrogens is 296 g/mol. The first kappa shape index (κ1) is 13.5. The third-order valence-electron chi connectivity index (χ3n) is 3.23. The maximum atomic E-state index is 11.9. The molecule has 0 bridgehead atoms. The van der Waals surface area contributed by atoms with E-state index in [1.54, 1.807) is 12.3 Å². The molecule has 1 aromatic heterocycles. The van der Waals surface area contributed by atoms with Crippen molar-refractivity contribution in [2.75, 3.05) is 13.2 Å². The first-order chi connectivity index (χ1) is 8.70. The molecule has 0 saturated carbocycles. The summed E-state index contributed by atoms with van der Waals surface area (Å²) >= 11 is 3.29. The van der Waals surface area contributed by atoms with Crippen molar-refractivity contribution in [1.82, 2.24) is 10.3 Å². The van der Waals surface area contributed by atoms with Gasteiger partial charge < -0.3 is 10.1 Å². The van der Waals surface area contributed by atoms with Crippen molar-refractivity contribution in [1.29, 1.82) is 0 Å². The Kier molecular flexibility index (Phi) is 4.72. The number of hydrogen-bond donors (Lipinski definition) is 1. The maximum absolute atomic E-state index is 11.9. The van der Waals surface area contributed by atoms with Gasteiger partial charge in [-0.05, 0) is 40.9 Å². The lowest BCUT2D eigenvalue weighted by molar-refractivity contribution is 0.0825. The van der Waals surface area contributed by atoms with Gasteiger partial charge in [-0.25, -0.2) is 4.98 Å². The smallest absolute Gasteiger partial charge is 0.269 e. The van der Waals surface area contributed by atoms with Gasteiger partial charge in [0, 0.05) is 29.7 Å². The molecular formula is C13H17BrN2O2. The second kappa shape index (κ2) is 6.29. The number of nitrogens with zero attached hydrogens (tertiary/aromatic N) is 1. The van der Waals surface area contributed by atoms with Gasteiger partial charge in [-0.1, -0.05) is 6.92 Å². The number of carbonyl (C=O) groups excluding carboxylic acids is 1. The Balaban J connectivity index is 1.86. The lowest BCUT2D eigenvalue weighted by Gasteiger charge is -2.17. The van der Waals surface area contributed by atoms with Crippen molar-refractivity contribution < 1.29 is 9.53 Å². The summed E-state index contributed by atoms with van der Waals surface area (Å²) in [6.07, 6.45) is 3.93. The number of aromatic nitrogens is 1. The fourth-order valence-corrected chi connectivity index (χ4v) is 2.44. The van der Waals surface area contributed by atoms with E-state index in [1.807, 2.05) is 6.07 Å². The van der Waals surface area contributed by atoms with Crippen LogP contribution >= 0.6 is 15.9 Å². The van der Waals surface area contributed by atoms with Crippen LogP contribution in [0, 0.1) is 5.92 Å². The zero-order valence-corrected chi connectivity index (χ0v) is 11.9. The highest BCUT2D eigenvalue weighted by molar-refractivity contribution is 9.10. The number of nitrogens with one attached hydrogen (secondary N) is 1. The van der Waals surface area contributed by atoms with Gasteiger partial charge in [0.25, 0.3) is 5.91 Å². The maximum Gasteiger partial charge on any atom is 0.269 e. The van der Waals surface area contributed by atoms with Gasteiger partial charge in [0.1, 0.15) is 5.69 Å². The highest BCUT2D eigenvalue weighted by atomic mass is 79.9. The molecule has 2 rings (SSSR count). The second-order valence-electron chi connectivity index (χ2n) is 4.44. The number of halogens is 1. The average Bonchev–Trinajstić information content (AvgIpc) is 2.84. The summed E-state index contributed by atoms with van der Waals surface area (Å²) in [6, 6.07) is 3.53. The number of ether oxygens (including phenoxy) is 1. The average molecular weight is 313 g/mol. The van der Waals surface area contributed by atoms with E-state index in [1.165, 1.54) is 0 Å². The molecule has 1 N–H and O–H groups in total. The van der Waals surface area contributed by atoms with E-state index in [0.717, 1.165) is 23.9 Å². The van der Waals surface area contributed by atoms with Gasteiger partial charge in [-0.15, -0.1) is 0 Å². The van der Waals surface area contributed by atoms with Crippen molar-refractivity contribution in [3.63, 3.8) is 0 Å². The highest BCUT2D eigenvalue weighted by Gasteiger charge is 2.26. The van der Waals surface area contributed by atoms with Crippen LogP contribution in [0.2, 0.25) is 0 Å². The molecule has 1 saturated heterocycles. The number of hydrogen-bond acceptors (Lipinski definition) is 3. The lowest BCUT2D eigenvalue weighted by Crippen LogP contribution is -2.33. The van der Waals surface area contributed by atoms with Gasteiger partial charge >= 0.3 is 0 Å². The molecule has 0 aliphatic carbocycles. The number of rotatable bonds is 4. The van der Waals surface area contributed by atoms with E-state index in [9.17, 15) is 4.79 Å². The predicted octanol–water partition coefficient (Wildman–Crippen LogP) is 2.39. The van der Waals surface area contributed by atoms with Crippen molar-refractivity contribution in [2.45, 2.75) is 25.9 Å². The minimum Gasteiger partial charge on any atom is -0.378 e. The van der Waals surface area contributed by atoms with Crippen LogP contribution < -0.4 is 5.32 Å². The zero-order chi connectivity index (χ0) is 13.0. The summed E-state index contributed by atoms with van der Waals surface area (Å²) in [7, 11) is 0. The molecule has 18 heavy (non-hydrogen) atoms. The van der Waals surface area contributed by atoms with Crippen LogP contribution in [-0.4, -0.2) is 30.1 Å². The third-order valence-corrected chi connectivity index (χ3v) is 3.70. The Morgan fingerprint density at radius 2 is 2.44 bits per heavy atom. The molecule has 5 heteroatoms. The number of pyridine rings is 1. The monoisotopic (exact) mass is 312 g/mol. The van der Waals surface area contributed by atoms with E-state index in [0.29, 0.717) is 18.2 Å². The van der Waals surface area contributed by atoms with E-state index in [2.05, 4.69) is 33.2 Å². The van der Waals surface area contributed by atoms with Gasteiger partial charge in [0.15, 0.2) is 0 Å². The number of amides is 1. The fraction of sp³-hybridized carbons (Fsp3) is 0.538. The van der Waals surface area contributed by atoms with Gasteiger partial charge in [0.2, 0.25) is 0 Å². The minimum absolute atomic E-state index is 0.121. The van der Waals surface area contributed by atoms with Crippen molar-refractivity contribution in [2.24, 2.45) is 5.92 Å². The van der Waals surface area contributed by atoms with Crippen molar-refractivity contribution in [3.8, 4) is 0 Å². The van der Waals surface area contributed by atoms with Crippen LogP contribution in [0.25, 0.3) is 0 Å². The lowest BCUT2D eigenvalue weighted by atomic mass is 10.00. The quantitative estimate of drug-likeness (QED) is 0.928. The van der Waals surface area contributed by atoms with Gasteiger partial charge in [-0.2, -0.15) is 0 Å². The third kappa shape index (κ3) is 3.29. The Hall–Kier alpha value is -0.940. The molecule has 1 aliphatic rings. The summed E-state index contributed by atoms with van der Waals surface area (Å²) < 4.78 is 6.47. The van der Waals surface area contributed by atoms with Crippen LogP contribution in [0.3, 0.4) is 0 Å². The largest absolute Gasteiger partial charge is 0.378 e. The summed E-state index contributed by atoms with van der Waals surface area (Å²) in [5.41, 5.74) is 0.449. The molecule has 2 unspecified atom stereocenters. The van der Waals surface area contributed by atoms with Crippen LogP contribution in [0.1, 0.15) is 30.3 Å². The molecule has 0 radical (unpaired) electrons. The minimum atomic E-state index is -0.121. The van der Waals surface area contributed by atoms with Crippen molar-refractivity contribution >= 4 is 21.8 Å². The summed E-state index contributed by atoms with van der Waals surface area (Å²) in [5, 5.41) is 2.93. The SMILES string of the molecule is CCC1OCCC1CNC(=O)c1ccc(Br)cn1. The highest BCUT2D eigenvalue weighted by Crippen LogP contribution is 2.22. The Bertz CT molecular complexity index is 408. The Labute approximate surface area is 115 Å². The summed E-state index contributed by atoms with van der Waals surface area (Å²) in [4.78, 5) is 16.0. The first-order valence-corrected chi connectivity index (χ1v) is 7.01. The standard InChI is InChI=1S/C13H17BrN2O2/c1-2-12-9(5-6-18-12)7-16-13(17)11-4-3-10(14)8-15-11/h3-4,8-9,12H,2,5-7H2,1H3,(H,16,17). The molecule has 98 valence electrons. The van der Waals surface area contributed by atoms with Gasteiger partial charge in [-0.3, -0.25) is 4.79 Å². The zero-order valence-electron chi connectivity index (χ0n) is 10.4. The fourth-order valence-electron chi connectivity index (χ4n) is 2.20. The van der Waals surface area contributed by atoms with E-state index >= 15 is 0 Å². The van der Waals surface area contributed by atoms with Gasteiger partial charge in [0.05, 0.1) is 6.10 Å². The Morgan fingerprint density at radius 1 is 1.61 bits per heavy atom. The molecule has 1 fully saturated rings. The molecule has 1 aliphatic heterocycles. The molecule has 1 amide bonds. The summed E-state index contributed by atoms with van der Waals surface area (Å²) in [5.74, 6) is 0.304. The van der Waals surface area contributed by atoms with E-state index in [4.69, 9.17) is 4.74 Å². The Morgan fingerprint density at radius 3 is 3.11 bits per heavy atom. The van der Waals surface area contributed by atoms with Crippen LogP contribution in [0.5, 0.6) is 0 Å². The normalized spacial score (nSPS) is 23.0. The summed E-state index contributed by atoms with van der Waals surface area (Å²) in [6.45, 7) is 3.58. The first-order valence-electron chi connectivity index (χ1n) is 6.22. The predicted molar refractivity (Wildman–Crippen MR) is 72.4 cm³/mol. The molecule has 2 heterocycles. The topological polar surface area (TPSA) is 51.2 Å². The molecule has 0 aromatic carbocycles. The van der Waals surface area contributed by atoms with E-state index in [-0.39, 0.29) is 12.0 Å². The molecule has 1 aromatic rings.